The van der Waals surface area contributed by atoms with Crippen molar-refractivity contribution in [3.05, 3.63) is 53.6 Å². The van der Waals surface area contributed by atoms with Crippen molar-refractivity contribution in [1.82, 2.24) is 10.6 Å². The zero-order valence-corrected chi connectivity index (χ0v) is 18.6. The largest absolute Gasteiger partial charge is 0.490 e. The molecular weight excluding hydrogens is 396 g/mol. The summed E-state index contributed by atoms with van der Waals surface area (Å²) in [7, 11) is 1.72. The molecule has 4 N–H and O–H groups in total. The molecule has 8 heteroatoms. The number of amides is 1. The van der Waals surface area contributed by atoms with Gasteiger partial charge in [-0.2, -0.15) is 0 Å². The normalized spacial score (nSPS) is 12.1. The first-order chi connectivity index (χ1) is 15.0. The highest BCUT2D eigenvalue weighted by molar-refractivity contribution is 5.80. The second kappa shape index (κ2) is 12.3. The maximum Gasteiger partial charge on any atom is 0.255 e. The van der Waals surface area contributed by atoms with E-state index in [4.69, 9.17) is 19.9 Å². The number of carbonyl (C=O) groups excluding carboxylic acids is 1. The van der Waals surface area contributed by atoms with Gasteiger partial charge in [-0.1, -0.05) is 18.2 Å². The second-order valence-electron chi connectivity index (χ2n) is 6.77. The van der Waals surface area contributed by atoms with Crippen LogP contribution in [-0.4, -0.2) is 38.7 Å². The van der Waals surface area contributed by atoms with Crippen LogP contribution in [0.1, 0.15) is 37.9 Å². The summed E-state index contributed by atoms with van der Waals surface area (Å²) in [6, 6.07) is 13.4. The van der Waals surface area contributed by atoms with Crippen LogP contribution in [0, 0.1) is 0 Å². The van der Waals surface area contributed by atoms with E-state index in [1.54, 1.807) is 13.1 Å². The lowest BCUT2D eigenvalue weighted by Gasteiger charge is -2.20. The topological polar surface area (TPSA) is 107 Å². The van der Waals surface area contributed by atoms with Gasteiger partial charge >= 0.3 is 0 Å². The number of nitrogens with zero attached hydrogens (tertiary/aromatic N) is 1. The summed E-state index contributed by atoms with van der Waals surface area (Å²) < 4.78 is 16.7. The summed E-state index contributed by atoms with van der Waals surface area (Å²) in [6.45, 7) is 7.48. The van der Waals surface area contributed by atoms with Crippen LogP contribution in [-0.2, 0) is 11.3 Å². The van der Waals surface area contributed by atoms with Gasteiger partial charge < -0.3 is 30.6 Å². The van der Waals surface area contributed by atoms with E-state index in [1.807, 2.05) is 50.2 Å². The smallest absolute Gasteiger partial charge is 0.255 e. The quantitative estimate of drug-likeness (QED) is 0.375. The Balaban J connectivity index is 1.99. The first-order valence-corrected chi connectivity index (χ1v) is 10.3. The van der Waals surface area contributed by atoms with E-state index in [9.17, 15) is 4.79 Å². The van der Waals surface area contributed by atoms with Crippen LogP contribution in [0.25, 0.3) is 0 Å². The van der Waals surface area contributed by atoms with E-state index in [0.29, 0.717) is 31.5 Å². The maximum atomic E-state index is 10.9. The van der Waals surface area contributed by atoms with Crippen molar-refractivity contribution >= 4 is 11.9 Å². The van der Waals surface area contributed by atoms with Gasteiger partial charge in [-0.05, 0) is 56.2 Å². The van der Waals surface area contributed by atoms with Gasteiger partial charge in [0.05, 0.1) is 19.3 Å². The number of rotatable bonds is 11. The number of nitrogens with one attached hydrogen (secondary N) is 2. The van der Waals surface area contributed by atoms with Gasteiger partial charge in [0.25, 0.3) is 5.91 Å². The van der Waals surface area contributed by atoms with Crippen molar-refractivity contribution in [1.29, 1.82) is 0 Å². The highest BCUT2D eigenvalue weighted by atomic mass is 16.5. The van der Waals surface area contributed by atoms with Gasteiger partial charge in [0.15, 0.2) is 24.1 Å². The van der Waals surface area contributed by atoms with E-state index in [2.05, 4.69) is 22.5 Å². The van der Waals surface area contributed by atoms with Gasteiger partial charge in [-0.15, -0.1) is 0 Å². The number of hydrogen-bond acceptors (Lipinski definition) is 5. The molecule has 8 nitrogen and oxygen atoms in total. The van der Waals surface area contributed by atoms with E-state index >= 15 is 0 Å². The predicted octanol–water partition coefficient (Wildman–Crippen LogP) is 2.77. The summed E-state index contributed by atoms with van der Waals surface area (Å²) >= 11 is 0. The van der Waals surface area contributed by atoms with Crippen molar-refractivity contribution in [2.24, 2.45) is 10.7 Å². The van der Waals surface area contributed by atoms with Crippen LogP contribution < -0.4 is 30.6 Å². The summed E-state index contributed by atoms with van der Waals surface area (Å²) in [6.07, 6.45) is 0. The molecule has 2 aromatic rings. The molecule has 0 aromatic heterocycles. The van der Waals surface area contributed by atoms with Crippen molar-refractivity contribution < 1.29 is 19.0 Å². The molecule has 1 atom stereocenters. The monoisotopic (exact) mass is 428 g/mol. The minimum atomic E-state index is -0.510. The molecule has 0 aliphatic heterocycles. The number of carbonyl (C=O) groups is 1. The molecule has 2 rings (SSSR count). The Kier molecular flexibility index (Phi) is 9.48. The zero-order chi connectivity index (χ0) is 22.6. The summed E-state index contributed by atoms with van der Waals surface area (Å²) in [5.74, 6) is 2.20. The Hall–Kier alpha value is -3.42. The molecule has 0 heterocycles. The number of primary amides is 1. The first-order valence-electron chi connectivity index (χ1n) is 10.3. The van der Waals surface area contributed by atoms with E-state index in [0.717, 1.165) is 22.6 Å². The lowest BCUT2D eigenvalue weighted by molar-refractivity contribution is -0.119. The number of ether oxygens (including phenoxy) is 3. The van der Waals surface area contributed by atoms with Gasteiger partial charge in [0, 0.05) is 13.6 Å². The average molecular weight is 429 g/mol. The van der Waals surface area contributed by atoms with Crippen molar-refractivity contribution in [3.63, 3.8) is 0 Å². The van der Waals surface area contributed by atoms with Crippen molar-refractivity contribution in [2.45, 2.75) is 33.4 Å². The molecule has 1 amide bonds. The number of nitrogens with two attached hydrogens (primary N) is 1. The van der Waals surface area contributed by atoms with Crippen LogP contribution in [0.2, 0.25) is 0 Å². The summed E-state index contributed by atoms with van der Waals surface area (Å²) in [4.78, 5) is 15.2. The first kappa shape index (κ1) is 23.9. The van der Waals surface area contributed by atoms with Gasteiger partial charge in [0.2, 0.25) is 0 Å². The Morgan fingerprint density at radius 2 is 1.81 bits per heavy atom. The lowest BCUT2D eigenvalue weighted by Crippen LogP contribution is -2.38. The molecule has 0 saturated carbocycles. The molecule has 0 aliphatic rings. The second-order valence-corrected chi connectivity index (χ2v) is 6.77. The number of hydrogen-bond donors (Lipinski definition) is 3. The Bertz CT molecular complexity index is 886. The molecule has 168 valence electrons. The molecular formula is C23H32N4O4. The summed E-state index contributed by atoms with van der Waals surface area (Å²) in [5.41, 5.74) is 7.16. The van der Waals surface area contributed by atoms with Crippen LogP contribution in [0.5, 0.6) is 17.2 Å². The van der Waals surface area contributed by atoms with Crippen LogP contribution in [0.15, 0.2) is 47.5 Å². The number of benzene rings is 2. The lowest BCUT2D eigenvalue weighted by atomic mass is 10.1. The van der Waals surface area contributed by atoms with Gasteiger partial charge in [0.1, 0.15) is 5.75 Å². The Morgan fingerprint density at radius 1 is 1.06 bits per heavy atom. The summed E-state index contributed by atoms with van der Waals surface area (Å²) in [5, 5.41) is 6.66. The minimum absolute atomic E-state index is 0.00804. The average Bonchev–Trinajstić information content (AvgIpc) is 2.76. The molecule has 0 radical (unpaired) electrons. The third-order valence-electron chi connectivity index (χ3n) is 4.38. The third kappa shape index (κ3) is 7.73. The van der Waals surface area contributed by atoms with Crippen LogP contribution in [0.4, 0.5) is 0 Å². The highest BCUT2D eigenvalue weighted by Gasteiger charge is 2.12. The highest BCUT2D eigenvalue weighted by Crippen LogP contribution is 2.30. The van der Waals surface area contributed by atoms with Crippen molar-refractivity contribution in [3.8, 4) is 17.2 Å². The fraction of sp³-hybridized carbons (Fsp3) is 0.391. The number of aliphatic imine (C=N–C) groups is 1. The maximum absolute atomic E-state index is 10.9. The molecule has 0 aliphatic carbocycles. The van der Waals surface area contributed by atoms with E-state index < -0.39 is 5.91 Å². The van der Waals surface area contributed by atoms with E-state index in [-0.39, 0.29) is 12.6 Å². The molecule has 0 spiro atoms. The molecule has 31 heavy (non-hydrogen) atoms. The van der Waals surface area contributed by atoms with Gasteiger partial charge in [-0.25, -0.2) is 0 Å². The molecule has 0 bridgehead atoms. The zero-order valence-electron chi connectivity index (χ0n) is 18.6. The fourth-order valence-corrected chi connectivity index (χ4v) is 2.91. The van der Waals surface area contributed by atoms with E-state index in [1.165, 1.54) is 0 Å². The molecule has 1 unspecified atom stereocenters. The molecule has 2 aromatic carbocycles. The van der Waals surface area contributed by atoms with Crippen molar-refractivity contribution in [2.75, 3.05) is 26.9 Å². The van der Waals surface area contributed by atoms with Crippen LogP contribution >= 0.6 is 0 Å². The molecule has 0 saturated heterocycles. The SMILES string of the molecule is CCOc1ccc(C(C)NC(=NC)NCc2cccc(OCC(N)=O)c2)cc1OCC. The predicted molar refractivity (Wildman–Crippen MR) is 122 cm³/mol. The van der Waals surface area contributed by atoms with Crippen LogP contribution in [0.3, 0.4) is 0 Å². The number of guanidine groups is 1. The fourth-order valence-electron chi connectivity index (χ4n) is 2.91. The van der Waals surface area contributed by atoms with Gasteiger partial charge in [-0.3, -0.25) is 9.79 Å². The Morgan fingerprint density at radius 3 is 2.48 bits per heavy atom. The standard InChI is InChI=1S/C23H32N4O4/c1-5-29-20-11-10-18(13-21(20)30-6-2)16(3)27-23(25-4)26-14-17-8-7-9-19(12-17)31-15-22(24)28/h7-13,16H,5-6,14-15H2,1-4H3,(H2,24,28)(H2,25,26,27). The Labute approximate surface area is 183 Å². The minimum Gasteiger partial charge on any atom is -0.490 e. The third-order valence-corrected chi connectivity index (χ3v) is 4.38. The molecule has 0 fully saturated rings.